The SMILES string of the molecule is CCN1CCCC1c1ccccc1OC. The second-order valence-corrected chi connectivity index (χ2v) is 4.03. The molecule has 0 aliphatic carbocycles. The van der Waals surface area contributed by atoms with Crippen LogP contribution in [0, 0.1) is 0 Å². The molecule has 82 valence electrons. The number of para-hydroxylation sites is 1. The van der Waals surface area contributed by atoms with E-state index in [0.717, 1.165) is 12.3 Å². The summed E-state index contributed by atoms with van der Waals surface area (Å²) >= 11 is 0. The molecule has 0 radical (unpaired) electrons. The first-order valence-electron chi connectivity index (χ1n) is 5.73. The maximum atomic E-state index is 5.42. The van der Waals surface area contributed by atoms with Gasteiger partial charge in [-0.25, -0.2) is 0 Å². The number of hydrogen-bond donors (Lipinski definition) is 0. The van der Waals surface area contributed by atoms with E-state index in [0.29, 0.717) is 6.04 Å². The minimum absolute atomic E-state index is 0.561. The van der Waals surface area contributed by atoms with Gasteiger partial charge in [0.05, 0.1) is 7.11 Å². The van der Waals surface area contributed by atoms with E-state index in [1.807, 2.05) is 6.07 Å². The van der Waals surface area contributed by atoms with Crippen molar-refractivity contribution in [2.45, 2.75) is 25.8 Å². The highest BCUT2D eigenvalue weighted by Crippen LogP contribution is 2.36. The Kier molecular flexibility index (Phi) is 3.27. The highest BCUT2D eigenvalue weighted by Gasteiger charge is 2.26. The molecule has 1 saturated heterocycles. The van der Waals surface area contributed by atoms with E-state index in [-0.39, 0.29) is 0 Å². The third-order valence-corrected chi connectivity index (χ3v) is 3.27. The molecule has 1 heterocycles. The van der Waals surface area contributed by atoms with Crippen LogP contribution in [0.2, 0.25) is 0 Å². The van der Waals surface area contributed by atoms with Gasteiger partial charge in [-0.05, 0) is 32.0 Å². The molecule has 1 fully saturated rings. The Morgan fingerprint density at radius 1 is 1.40 bits per heavy atom. The normalized spacial score (nSPS) is 21.9. The van der Waals surface area contributed by atoms with E-state index >= 15 is 0 Å². The van der Waals surface area contributed by atoms with E-state index in [9.17, 15) is 0 Å². The van der Waals surface area contributed by atoms with E-state index in [1.54, 1.807) is 7.11 Å². The summed E-state index contributed by atoms with van der Waals surface area (Å²) in [6.07, 6.45) is 2.56. The van der Waals surface area contributed by atoms with Crippen LogP contribution in [0.15, 0.2) is 24.3 Å². The molecule has 0 spiro atoms. The van der Waals surface area contributed by atoms with Crippen molar-refractivity contribution < 1.29 is 4.74 Å². The largest absolute Gasteiger partial charge is 0.496 e. The summed E-state index contributed by atoms with van der Waals surface area (Å²) in [5.41, 5.74) is 1.35. The Morgan fingerprint density at radius 2 is 2.20 bits per heavy atom. The van der Waals surface area contributed by atoms with Crippen molar-refractivity contribution >= 4 is 0 Å². The predicted octanol–water partition coefficient (Wildman–Crippen LogP) is 2.85. The Bertz CT molecular complexity index is 324. The van der Waals surface area contributed by atoms with Gasteiger partial charge in [0, 0.05) is 11.6 Å². The Hall–Kier alpha value is -1.02. The molecule has 0 amide bonds. The van der Waals surface area contributed by atoms with Crippen LogP contribution in [-0.4, -0.2) is 25.1 Å². The van der Waals surface area contributed by atoms with Crippen LogP contribution in [0.5, 0.6) is 5.75 Å². The van der Waals surface area contributed by atoms with Gasteiger partial charge in [0.25, 0.3) is 0 Å². The summed E-state index contributed by atoms with van der Waals surface area (Å²) in [4.78, 5) is 2.53. The van der Waals surface area contributed by atoms with Crippen LogP contribution in [0.25, 0.3) is 0 Å². The summed E-state index contributed by atoms with van der Waals surface area (Å²) < 4.78 is 5.42. The highest BCUT2D eigenvalue weighted by molar-refractivity contribution is 5.36. The summed E-state index contributed by atoms with van der Waals surface area (Å²) in [5, 5.41) is 0. The molecule has 1 aliphatic rings. The fourth-order valence-electron chi connectivity index (χ4n) is 2.50. The number of likely N-dealkylation sites (tertiary alicyclic amines) is 1. The molecule has 15 heavy (non-hydrogen) atoms. The second kappa shape index (κ2) is 4.67. The number of nitrogens with zero attached hydrogens (tertiary/aromatic N) is 1. The zero-order valence-corrected chi connectivity index (χ0v) is 9.57. The zero-order valence-electron chi connectivity index (χ0n) is 9.57. The third kappa shape index (κ3) is 2.00. The van der Waals surface area contributed by atoms with Crippen molar-refractivity contribution in [3.63, 3.8) is 0 Å². The average Bonchev–Trinajstić information content (AvgIpc) is 2.76. The van der Waals surface area contributed by atoms with Gasteiger partial charge >= 0.3 is 0 Å². The molecule has 2 rings (SSSR count). The first-order chi connectivity index (χ1) is 7.36. The van der Waals surface area contributed by atoms with Crippen molar-refractivity contribution in [2.24, 2.45) is 0 Å². The summed E-state index contributed by atoms with van der Waals surface area (Å²) in [6.45, 7) is 4.58. The molecule has 1 atom stereocenters. The van der Waals surface area contributed by atoms with Gasteiger partial charge in [-0.2, -0.15) is 0 Å². The third-order valence-electron chi connectivity index (χ3n) is 3.27. The van der Waals surface area contributed by atoms with Crippen molar-refractivity contribution in [3.8, 4) is 5.75 Å². The lowest BCUT2D eigenvalue weighted by Gasteiger charge is -2.24. The van der Waals surface area contributed by atoms with Crippen LogP contribution < -0.4 is 4.74 Å². The molecule has 2 heteroatoms. The predicted molar refractivity (Wildman–Crippen MR) is 62.2 cm³/mol. The van der Waals surface area contributed by atoms with Gasteiger partial charge in [-0.3, -0.25) is 4.90 Å². The Morgan fingerprint density at radius 3 is 2.93 bits per heavy atom. The van der Waals surface area contributed by atoms with Gasteiger partial charge in [-0.1, -0.05) is 25.1 Å². The average molecular weight is 205 g/mol. The van der Waals surface area contributed by atoms with Crippen LogP contribution in [-0.2, 0) is 0 Å². The fraction of sp³-hybridized carbons (Fsp3) is 0.538. The highest BCUT2D eigenvalue weighted by atomic mass is 16.5. The molecule has 0 N–H and O–H groups in total. The summed E-state index contributed by atoms with van der Waals surface area (Å²) in [7, 11) is 1.75. The molecular formula is C13H19NO. The molecule has 0 saturated carbocycles. The minimum atomic E-state index is 0.561. The summed E-state index contributed by atoms with van der Waals surface area (Å²) in [5.74, 6) is 1.03. The van der Waals surface area contributed by atoms with Gasteiger partial charge in [-0.15, -0.1) is 0 Å². The Balaban J connectivity index is 2.27. The maximum Gasteiger partial charge on any atom is 0.123 e. The standard InChI is InChI=1S/C13H19NO/c1-3-14-10-6-8-12(14)11-7-4-5-9-13(11)15-2/h4-5,7,9,12H,3,6,8,10H2,1-2H3. The van der Waals surface area contributed by atoms with E-state index in [2.05, 4.69) is 30.0 Å². The van der Waals surface area contributed by atoms with Crippen LogP contribution in [0.3, 0.4) is 0 Å². The van der Waals surface area contributed by atoms with Gasteiger partial charge in [0.1, 0.15) is 5.75 Å². The lowest BCUT2D eigenvalue weighted by molar-refractivity contribution is 0.264. The number of hydrogen-bond acceptors (Lipinski definition) is 2. The first-order valence-corrected chi connectivity index (χ1v) is 5.73. The van der Waals surface area contributed by atoms with E-state index in [1.165, 1.54) is 24.9 Å². The number of ether oxygens (including phenoxy) is 1. The van der Waals surface area contributed by atoms with Crippen LogP contribution in [0.4, 0.5) is 0 Å². The van der Waals surface area contributed by atoms with E-state index < -0.39 is 0 Å². The van der Waals surface area contributed by atoms with Gasteiger partial charge in [0.2, 0.25) is 0 Å². The van der Waals surface area contributed by atoms with E-state index in [4.69, 9.17) is 4.74 Å². The fourth-order valence-corrected chi connectivity index (χ4v) is 2.50. The van der Waals surface area contributed by atoms with Gasteiger partial charge < -0.3 is 4.74 Å². The lowest BCUT2D eigenvalue weighted by atomic mass is 10.0. The number of benzene rings is 1. The quantitative estimate of drug-likeness (QED) is 0.752. The van der Waals surface area contributed by atoms with Crippen LogP contribution in [0.1, 0.15) is 31.4 Å². The molecule has 0 bridgehead atoms. The molecule has 1 unspecified atom stereocenters. The summed E-state index contributed by atoms with van der Waals surface area (Å²) in [6, 6.07) is 8.95. The van der Waals surface area contributed by atoms with Crippen molar-refractivity contribution in [1.82, 2.24) is 4.90 Å². The molecule has 2 nitrogen and oxygen atoms in total. The molecule has 1 aliphatic heterocycles. The molecular weight excluding hydrogens is 186 g/mol. The van der Waals surface area contributed by atoms with Crippen molar-refractivity contribution in [2.75, 3.05) is 20.2 Å². The molecule has 1 aromatic rings. The Labute approximate surface area is 91.9 Å². The van der Waals surface area contributed by atoms with Gasteiger partial charge in [0.15, 0.2) is 0 Å². The van der Waals surface area contributed by atoms with Crippen molar-refractivity contribution in [3.05, 3.63) is 29.8 Å². The van der Waals surface area contributed by atoms with Crippen molar-refractivity contribution in [1.29, 1.82) is 0 Å². The van der Waals surface area contributed by atoms with Crippen LogP contribution >= 0.6 is 0 Å². The smallest absolute Gasteiger partial charge is 0.123 e. The minimum Gasteiger partial charge on any atom is -0.496 e. The zero-order chi connectivity index (χ0) is 10.7. The first kappa shape index (κ1) is 10.5. The second-order valence-electron chi connectivity index (χ2n) is 4.03. The topological polar surface area (TPSA) is 12.5 Å². The molecule has 1 aromatic carbocycles. The monoisotopic (exact) mass is 205 g/mol. The number of methoxy groups -OCH3 is 1. The lowest BCUT2D eigenvalue weighted by Crippen LogP contribution is -2.22. The number of rotatable bonds is 3. The maximum absolute atomic E-state index is 5.42. The molecule has 0 aromatic heterocycles.